The van der Waals surface area contributed by atoms with Crippen molar-refractivity contribution in [2.45, 2.75) is 27.2 Å². The average molecular weight is 311 g/mol. The predicted octanol–water partition coefficient (Wildman–Crippen LogP) is -0.139. The van der Waals surface area contributed by atoms with Crippen molar-refractivity contribution < 1.29 is 24.6 Å². The number of rotatable bonds is 3. The van der Waals surface area contributed by atoms with Crippen molar-refractivity contribution in [1.82, 2.24) is 0 Å². The Bertz CT molecular complexity index is 184. The minimum atomic E-state index is -1.02. The predicted molar refractivity (Wildman–Crippen MR) is 54.0 cm³/mol. The quantitative estimate of drug-likeness (QED) is 0.559. The zero-order valence-electron chi connectivity index (χ0n) is 8.61. The third-order valence-corrected chi connectivity index (χ3v) is 1.20. The van der Waals surface area contributed by atoms with Crippen LogP contribution in [0.3, 0.4) is 0 Å². The maximum atomic E-state index is 10.4. The molecule has 6 heteroatoms. The van der Waals surface area contributed by atoms with E-state index in [1.165, 1.54) is 6.92 Å². The summed E-state index contributed by atoms with van der Waals surface area (Å²) in [5.41, 5.74) is 0. The van der Waals surface area contributed by atoms with Gasteiger partial charge in [-0.3, -0.25) is 14.4 Å². The first-order valence-electron chi connectivity index (χ1n) is 3.75. The number of Topliss-reactive ketones (excluding diaryl/α,β-unsaturated/α-hetero) is 1. The molecule has 0 aromatic heterocycles. The molecule has 0 saturated heterocycles. The monoisotopic (exact) mass is 312 g/mol. The molecule has 1 unspecified atom stereocenters. The maximum absolute atomic E-state index is 10.4. The Morgan fingerprint density at radius 3 is 1.43 bits per heavy atom. The number of ketones is 1. The molecule has 0 aliphatic carbocycles. The Balaban J connectivity index is -0.000000209. The van der Waals surface area contributed by atoms with Gasteiger partial charge in [-0.2, -0.15) is 0 Å². The second-order valence-electron chi connectivity index (χ2n) is 2.43. The van der Waals surface area contributed by atoms with Gasteiger partial charge in [0, 0.05) is 6.92 Å². The van der Waals surface area contributed by atoms with Crippen molar-refractivity contribution in [2.24, 2.45) is 5.92 Å². The molecule has 0 spiro atoms. The van der Waals surface area contributed by atoms with E-state index in [0.29, 0.717) is 6.42 Å². The van der Waals surface area contributed by atoms with Gasteiger partial charge in [-0.05, 0) is 13.3 Å². The Morgan fingerprint density at radius 1 is 1.14 bits per heavy atom. The number of hydrogen-bond donors (Lipinski definition) is 2. The molecular weight excluding hydrogens is 295 g/mol. The Morgan fingerprint density at radius 2 is 1.43 bits per heavy atom. The zero-order chi connectivity index (χ0) is 11.0. The fourth-order valence-electron chi connectivity index (χ4n) is 0.636. The van der Waals surface area contributed by atoms with Crippen molar-refractivity contribution in [3.05, 3.63) is 0 Å². The van der Waals surface area contributed by atoms with Gasteiger partial charge in [-0.1, -0.05) is 6.92 Å². The van der Waals surface area contributed by atoms with Crippen LogP contribution >= 0.6 is 0 Å². The summed E-state index contributed by atoms with van der Waals surface area (Å²) < 4.78 is 0. The number of carboxylic acid groups (broad SMARTS) is 2. The standard InChI is InChI=1S/C6H10O3.C2H4O2.Sn.2H/c1-3-5(4(2)7)6(8)9;1-2(3)4;;;/h5H,3H2,1-2H3,(H,8,9);1H3,(H,3,4);;;. The van der Waals surface area contributed by atoms with Crippen LogP contribution in [0.1, 0.15) is 27.2 Å². The minimum absolute atomic E-state index is 0. The van der Waals surface area contributed by atoms with E-state index >= 15 is 0 Å². The first-order chi connectivity index (χ1) is 5.82. The SMILES string of the molecule is CC(=O)O.CCC(C(C)=O)C(=O)O.[SnH2]. The van der Waals surface area contributed by atoms with Crippen LogP contribution in [0.4, 0.5) is 0 Å². The average Bonchev–Trinajstić information content (AvgIpc) is 1.84. The summed E-state index contributed by atoms with van der Waals surface area (Å²) in [6.07, 6.45) is 0.380. The number of aliphatic carboxylic acids is 2. The molecule has 5 nitrogen and oxygen atoms in total. The summed E-state index contributed by atoms with van der Waals surface area (Å²) in [7, 11) is 0. The van der Waals surface area contributed by atoms with Crippen molar-refractivity contribution in [2.75, 3.05) is 0 Å². The van der Waals surface area contributed by atoms with Crippen LogP contribution in [-0.2, 0) is 14.4 Å². The van der Waals surface area contributed by atoms with Crippen molar-refractivity contribution in [1.29, 1.82) is 0 Å². The van der Waals surface area contributed by atoms with Crippen LogP contribution in [0, 0.1) is 5.92 Å². The molecule has 82 valence electrons. The topological polar surface area (TPSA) is 91.7 Å². The van der Waals surface area contributed by atoms with Gasteiger partial charge in [0.25, 0.3) is 5.97 Å². The van der Waals surface area contributed by atoms with Gasteiger partial charge in [0.05, 0.1) is 0 Å². The van der Waals surface area contributed by atoms with Crippen molar-refractivity contribution >= 4 is 41.6 Å². The molecule has 0 fully saturated rings. The zero-order valence-corrected chi connectivity index (χ0v) is 12.6. The van der Waals surface area contributed by atoms with Crippen LogP contribution in [0.15, 0.2) is 0 Å². The molecule has 0 aliphatic heterocycles. The first-order valence-corrected chi connectivity index (χ1v) is 3.75. The summed E-state index contributed by atoms with van der Waals surface area (Å²) >= 11 is 0. The summed E-state index contributed by atoms with van der Waals surface area (Å²) in [6, 6.07) is 0. The number of carbonyl (C=O) groups excluding carboxylic acids is 1. The van der Waals surface area contributed by atoms with E-state index in [4.69, 9.17) is 15.0 Å². The summed E-state index contributed by atoms with van der Waals surface area (Å²) in [5, 5.41) is 15.7. The van der Waals surface area contributed by atoms with Crippen molar-refractivity contribution in [3.63, 3.8) is 0 Å². The van der Waals surface area contributed by atoms with Crippen LogP contribution in [0.25, 0.3) is 0 Å². The molecule has 0 aromatic carbocycles. The Hall–Kier alpha value is -0.591. The third kappa shape index (κ3) is 14.0. The van der Waals surface area contributed by atoms with Gasteiger partial charge >= 0.3 is 29.9 Å². The molecular formula is C8H16O5Sn. The van der Waals surface area contributed by atoms with Gasteiger partial charge in [0.1, 0.15) is 11.7 Å². The van der Waals surface area contributed by atoms with Crippen LogP contribution in [0.2, 0.25) is 0 Å². The van der Waals surface area contributed by atoms with Gasteiger partial charge in [-0.15, -0.1) is 0 Å². The molecule has 0 aromatic rings. The summed E-state index contributed by atoms with van der Waals surface area (Å²) in [5.74, 6) is -2.93. The third-order valence-electron chi connectivity index (χ3n) is 1.20. The fourth-order valence-corrected chi connectivity index (χ4v) is 0.636. The molecule has 14 heavy (non-hydrogen) atoms. The van der Waals surface area contributed by atoms with Crippen molar-refractivity contribution in [3.8, 4) is 0 Å². The van der Waals surface area contributed by atoms with Gasteiger partial charge in [-0.25, -0.2) is 0 Å². The molecule has 0 saturated carbocycles. The number of hydrogen-bond acceptors (Lipinski definition) is 3. The normalized spacial score (nSPS) is 9.93. The first kappa shape index (κ1) is 19.1. The molecule has 0 rings (SSSR count). The summed E-state index contributed by atoms with van der Waals surface area (Å²) in [6.45, 7) is 4.06. The van der Waals surface area contributed by atoms with Gasteiger partial charge in [0.2, 0.25) is 0 Å². The van der Waals surface area contributed by atoms with Gasteiger partial charge in [0.15, 0.2) is 0 Å². The van der Waals surface area contributed by atoms with Crippen LogP contribution in [-0.4, -0.2) is 51.8 Å². The molecule has 2 radical (unpaired) electrons. The van der Waals surface area contributed by atoms with E-state index in [1.54, 1.807) is 6.92 Å². The number of carbonyl (C=O) groups is 3. The molecule has 0 amide bonds. The van der Waals surface area contributed by atoms with E-state index < -0.39 is 17.9 Å². The fraction of sp³-hybridized carbons (Fsp3) is 0.625. The summed E-state index contributed by atoms with van der Waals surface area (Å²) in [4.78, 5) is 29.6. The van der Waals surface area contributed by atoms with Crippen LogP contribution < -0.4 is 0 Å². The van der Waals surface area contributed by atoms with E-state index in [1.807, 2.05) is 0 Å². The molecule has 0 bridgehead atoms. The second-order valence-corrected chi connectivity index (χ2v) is 2.43. The Kier molecular flexibility index (Phi) is 14.3. The molecule has 2 N–H and O–H groups in total. The van der Waals surface area contributed by atoms with E-state index in [2.05, 4.69) is 0 Å². The second kappa shape index (κ2) is 10.5. The van der Waals surface area contributed by atoms with E-state index in [0.717, 1.165) is 6.92 Å². The van der Waals surface area contributed by atoms with Crippen LogP contribution in [0.5, 0.6) is 0 Å². The Labute approximate surface area is 99.5 Å². The molecule has 0 aliphatic rings. The molecule has 0 heterocycles. The molecule has 1 atom stereocenters. The number of carboxylic acids is 2. The van der Waals surface area contributed by atoms with E-state index in [-0.39, 0.29) is 29.7 Å². The van der Waals surface area contributed by atoms with E-state index in [9.17, 15) is 9.59 Å². The van der Waals surface area contributed by atoms with Gasteiger partial charge < -0.3 is 10.2 Å².